The van der Waals surface area contributed by atoms with Gasteiger partial charge in [0.1, 0.15) is 36.6 Å². The first kappa shape index (κ1) is 63.2. The summed E-state index contributed by atoms with van der Waals surface area (Å²) in [4.78, 5) is 23.3. The lowest BCUT2D eigenvalue weighted by molar-refractivity contribution is -0.302. The second kappa shape index (κ2) is 40.9. The minimum Gasteiger partial charge on any atom is -0.390 e. The molecule has 0 aliphatic carbocycles. The van der Waals surface area contributed by atoms with Gasteiger partial charge in [0.15, 0.2) is 6.29 Å². The molecule has 1 heterocycles. The molecule has 16 heteroatoms. The summed E-state index contributed by atoms with van der Waals surface area (Å²) >= 11 is 0. The van der Waals surface area contributed by atoms with Crippen molar-refractivity contribution >= 4 is 13.7 Å². The van der Waals surface area contributed by atoms with Gasteiger partial charge in [0.05, 0.1) is 32.0 Å². The molecule has 10 atom stereocenters. The molecule has 1 saturated heterocycles. The van der Waals surface area contributed by atoms with Crippen LogP contribution in [0.4, 0.5) is 0 Å². The molecular formula is C50H101N2O13P. The van der Waals surface area contributed by atoms with Crippen LogP contribution in [0.25, 0.3) is 0 Å². The summed E-state index contributed by atoms with van der Waals surface area (Å²) in [6.07, 6.45) is 22.8. The Labute approximate surface area is 400 Å². The highest BCUT2D eigenvalue weighted by atomic mass is 31.2. The van der Waals surface area contributed by atoms with E-state index in [2.05, 4.69) is 31.4 Å². The summed E-state index contributed by atoms with van der Waals surface area (Å²) in [5, 5.41) is 70.4. The number of carbonyl (C=O) groups excluding carboxylic acids is 1. The summed E-state index contributed by atoms with van der Waals surface area (Å²) in [7, 11) is -2.92. The van der Waals surface area contributed by atoms with Gasteiger partial charge in [-0.15, -0.1) is 0 Å². The van der Waals surface area contributed by atoms with Gasteiger partial charge in [0.2, 0.25) is 5.91 Å². The molecule has 1 aliphatic rings. The number of phosphoric ester groups is 1. The Bertz CT molecular complexity index is 1180. The minimum absolute atomic E-state index is 0.139. The predicted molar refractivity (Wildman–Crippen MR) is 262 cm³/mol. The Morgan fingerprint density at radius 3 is 1.52 bits per heavy atom. The van der Waals surface area contributed by atoms with E-state index in [0.29, 0.717) is 12.8 Å². The third kappa shape index (κ3) is 32.2. The Morgan fingerprint density at radius 1 is 0.621 bits per heavy atom. The van der Waals surface area contributed by atoms with Gasteiger partial charge >= 0.3 is 7.82 Å². The fourth-order valence-corrected chi connectivity index (χ4v) is 9.22. The number of rotatable bonds is 46. The van der Waals surface area contributed by atoms with E-state index in [4.69, 9.17) is 18.5 Å². The normalized spacial score (nSPS) is 21.7. The molecule has 1 rings (SSSR count). The van der Waals surface area contributed by atoms with Crippen LogP contribution < -0.4 is 10.6 Å². The first-order valence-electron chi connectivity index (χ1n) is 26.7. The van der Waals surface area contributed by atoms with E-state index < -0.39 is 82.0 Å². The average molecular weight is 969 g/mol. The second-order valence-corrected chi connectivity index (χ2v) is 21.0. The molecule has 0 aromatic carbocycles. The lowest BCUT2D eigenvalue weighted by Crippen LogP contribution is -2.60. The van der Waals surface area contributed by atoms with Gasteiger partial charge in [0, 0.05) is 6.54 Å². The number of carbonyl (C=O) groups is 1. The molecule has 66 heavy (non-hydrogen) atoms. The number of aliphatic hydroxyl groups is 6. The zero-order chi connectivity index (χ0) is 48.8. The monoisotopic (exact) mass is 969 g/mol. The predicted octanol–water partition coefficient (Wildman–Crippen LogP) is 8.50. The number of aliphatic hydroxyl groups excluding tert-OH is 6. The van der Waals surface area contributed by atoms with Crippen LogP contribution in [0.2, 0.25) is 0 Å². The van der Waals surface area contributed by atoms with Crippen LogP contribution in [0.15, 0.2) is 0 Å². The molecule has 15 nitrogen and oxygen atoms in total. The smallest absolute Gasteiger partial charge is 0.390 e. The zero-order valence-electron chi connectivity index (χ0n) is 42.0. The SMILES string of the molecule is CCCCCCCCCCCCCCCCCCCCCC[C@@H](O)C(=O)N[C@@H](CO[C@@H]1O[C@H](COP(=O)(O)OCCNC)[C@@H](O)[C@H](O)[C@H]1O)[C@H](O)[C@H](O)CCCCCCCCCCC(C)C. The Balaban J connectivity index is 2.58. The summed E-state index contributed by atoms with van der Waals surface area (Å²) in [5.74, 6) is -0.0182. The van der Waals surface area contributed by atoms with Crippen LogP contribution >= 0.6 is 7.82 Å². The maximum atomic E-state index is 13.3. The van der Waals surface area contributed by atoms with Crippen molar-refractivity contribution in [2.45, 2.75) is 275 Å². The molecule has 1 amide bonds. The summed E-state index contributed by atoms with van der Waals surface area (Å²) in [5.41, 5.74) is 0. The van der Waals surface area contributed by atoms with Crippen molar-refractivity contribution in [3.63, 3.8) is 0 Å². The Hall–Kier alpha value is -0.780. The van der Waals surface area contributed by atoms with E-state index in [9.17, 15) is 44.9 Å². The van der Waals surface area contributed by atoms with Crippen LogP contribution in [0.3, 0.4) is 0 Å². The second-order valence-electron chi connectivity index (χ2n) is 19.5. The van der Waals surface area contributed by atoms with Gasteiger partial charge in [-0.05, 0) is 25.8 Å². The molecule has 1 unspecified atom stereocenters. The number of unbranched alkanes of at least 4 members (excludes halogenated alkanes) is 26. The van der Waals surface area contributed by atoms with Crippen LogP contribution in [-0.4, -0.2) is 130 Å². The maximum absolute atomic E-state index is 13.3. The number of hydrogen-bond acceptors (Lipinski definition) is 13. The molecule has 0 aromatic rings. The fourth-order valence-electron chi connectivity index (χ4n) is 8.49. The van der Waals surface area contributed by atoms with Gasteiger partial charge in [0.25, 0.3) is 0 Å². The highest BCUT2D eigenvalue weighted by Crippen LogP contribution is 2.43. The van der Waals surface area contributed by atoms with E-state index in [1.165, 1.54) is 128 Å². The van der Waals surface area contributed by atoms with Gasteiger partial charge in [-0.3, -0.25) is 13.8 Å². The van der Waals surface area contributed by atoms with Crippen molar-refractivity contribution in [3.05, 3.63) is 0 Å². The molecule has 1 aliphatic heterocycles. The lowest BCUT2D eigenvalue weighted by Gasteiger charge is -2.41. The van der Waals surface area contributed by atoms with Crippen LogP contribution in [0.5, 0.6) is 0 Å². The quantitative estimate of drug-likeness (QED) is 0.0206. The first-order chi connectivity index (χ1) is 31.7. The number of hydrogen-bond donors (Lipinski definition) is 9. The maximum Gasteiger partial charge on any atom is 0.472 e. The largest absolute Gasteiger partial charge is 0.472 e. The molecule has 0 spiro atoms. The van der Waals surface area contributed by atoms with E-state index in [1.54, 1.807) is 7.05 Å². The molecule has 0 bridgehead atoms. The van der Waals surface area contributed by atoms with E-state index in [-0.39, 0.29) is 26.0 Å². The van der Waals surface area contributed by atoms with E-state index in [0.717, 1.165) is 50.9 Å². The minimum atomic E-state index is -4.55. The van der Waals surface area contributed by atoms with Gasteiger partial charge in [-0.2, -0.15) is 0 Å². The molecular weight excluding hydrogens is 868 g/mol. The van der Waals surface area contributed by atoms with Crippen LogP contribution in [0, 0.1) is 5.92 Å². The number of nitrogens with one attached hydrogen (secondary N) is 2. The van der Waals surface area contributed by atoms with Crippen molar-refractivity contribution in [3.8, 4) is 0 Å². The summed E-state index contributed by atoms with van der Waals surface area (Å²) < 4.78 is 33.5. The standard InChI is InChI=1S/C50H101N2O13P/c1-5-6-7-8-9-10-11-12-13-14-15-16-17-18-19-20-21-26-29-32-35-43(54)49(59)52-41(45(55)42(53)34-31-28-25-23-22-24-27-30-33-40(2)3)38-62-50-48(58)47(57)46(56)44(65-50)39-64-66(60,61)63-37-36-51-4/h40-48,50-51,53-58H,5-39H2,1-4H3,(H,52,59)(H,60,61)/t41-,42+,43+,44+,45-,46+,47-,48+,50+/m0/s1. The van der Waals surface area contributed by atoms with Crippen molar-refractivity contribution in [2.75, 3.05) is 33.4 Å². The lowest BCUT2D eigenvalue weighted by atomic mass is 9.98. The summed E-state index contributed by atoms with van der Waals surface area (Å²) in [6, 6.07) is -1.25. The van der Waals surface area contributed by atoms with Crippen LogP contribution in [-0.2, 0) is 27.9 Å². The topological polar surface area (TPSA) is 237 Å². The molecule has 0 radical (unpaired) electrons. The molecule has 0 aromatic heterocycles. The average Bonchev–Trinajstić information content (AvgIpc) is 3.29. The Morgan fingerprint density at radius 2 is 1.06 bits per heavy atom. The van der Waals surface area contributed by atoms with Gasteiger partial charge in [-0.1, -0.05) is 207 Å². The van der Waals surface area contributed by atoms with Crippen molar-refractivity contribution in [1.82, 2.24) is 10.6 Å². The summed E-state index contributed by atoms with van der Waals surface area (Å²) in [6.45, 7) is 5.66. The molecule has 9 N–H and O–H groups in total. The van der Waals surface area contributed by atoms with Gasteiger partial charge in [-0.25, -0.2) is 4.57 Å². The number of amides is 1. The molecule has 0 saturated carbocycles. The Kier molecular flexibility index (Phi) is 39.2. The fraction of sp³-hybridized carbons (Fsp3) is 0.980. The van der Waals surface area contributed by atoms with Crippen LogP contribution in [0.1, 0.15) is 220 Å². The van der Waals surface area contributed by atoms with Crippen molar-refractivity contribution in [1.29, 1.82) is 0 Å². The van der Waals surface area contributed by atoms with Gasteiger partial charge < -0.3 is 55.6 Å². The highest BCUT2D eigenvalue weighted by Gasteiger charge is 2.46. The molecule has 394 valence electrons. The van der Waals surface area contributed by atoms with Crippen molar-refractivity contribution in [2.24, 2.45) is 5.92 Å². The number of phosphoric acid groups is 1. The molecule has 1 fully saturated rings. The van der Waals surface area contributed by atoms with E-state index >= 15 is 0 Å². The highest BCUT2D eigenvalue weighted by molar-refractivity contribution is 7.47. The third-order valence-corrected chi connectivity index (χ3v) is 13.9. The number of likely N-dealkylation sites (N-methyl/N-ethyl adjacent to an activating group) is 1. The zero-order valence-corrected chi connectivity index (χ0v) is 42.9. The first-order valence-corrected chi connectivity index (χ1v) is 28.2. The van der Waals surface area contributed by atoms with Crippen molar-refractivity contribution < 1.29 is 63.4 Å². The van der Waals surface area contributed by atoms with E-state index in [1.807, 2.05) is 0 Å². The number of ether oxygens (including phenoxy) is 2. The third-order valence-electron chi connectivity index (χ3n) is 12.9.